The number of ether oxygens (including phenoxy) is 4. The highest BCUT2D eigenvalue weighted by molar-refractivity contribution is 5.85. The lowest BCUT2D eigenvalue weighted by molar-refractivity contribution is -0.143. The Balaban J connectivity index is 2.03. The SMILES string of the molecule is CCOC(=O)CCC1Oc2cccc(OC)c2-c2c(OC)cccc21. The molecule has 25 heavy (non-hydrogen) atoms. The average molecular weight is 342 g/mol. The highest BCUT2D eigenvalue weighted by Gasteiger charge is 2.31. The van der Waals surface area contributed by atoms with E-state index < -0.39 is 0 Å². The van der Waals surface area contributed by atoms with Gasteiger partial charge in [0.15, 0.2) is 0 Å². The summed E-state index contributed by atoms with van der Waals surface area (Å²) in [5.74, 6) is 2.00. The number of esters is 1. The number of benzene rings is 2. The van der Waals surface area contributed by atoms with Gasteiger partial charge >= 0.3 is 5.97 Å². The molecule has 2 aromatic carbocycles. The van der Waals surface area contributed by atoms with Crippen LogP contribution in [0.15, 0.2) is 36.4 Å². The van der Waals surface area contributed by atoms with Gasteiger partial charge < -0.3 is 18.9 Å². The minimum absolute atomic E-state index is 0.216. The molecule has 1 aliphatic heterocycles. The number of carbonyl (C=O) groups is 1. The van der Waals surface area contributed by atoms with Gasteiger partial charge in [-0.15, -0.1) is 0 Å². The van der Waals surface area contributed by atoms with Crippen LogP contribution in [0.25, 0.3) is 11.1 Å². The van der Waals surface area contributed by atoms with Crippen molar-refractivity contribution in [1.29, 1.82) is 0 Å². The van der Waals surface area contributed by atoms with Gasteiger partial charge in [-0.05, 0) is 31.5 Å². The molecule has 1 unspecified atom stereocenters. The normalized spacial score (nSPS) is 14.8. The number of fused-ring (bicyclic) bond motifs is 3. The second-order valence-electron chi connectivity index (χ2n) is 5.71. The van der Waals surface area contributed by atoms with E-state index in [2.05, 4.69) is 0 Å². The Bertz CT molecular complexity index is 769. The molecule has 0 fully saturated rings. The fourth-order valence-corrected chi connectivity index (χ4v) is 3.19. The summed E-state index contributed by atoms with van der Waals surface area (Å²) < 4.78 is 22.3. The molecule has 1 heterocycles. The standard InChI is InChI=1S/C20H22O5/c1-4-24-18(21)12-11-14-13-7-5-8-15(22-2)19(13)20-16(23-3)9-6-10-17(20)25-14/h5-10,14H,4,11-12H2,1-3H3. The van der Waals surface area contributed by atoms with Crippen molar-refractivity contribution in [2.45, 2.75) is 25.9 Å². The fourth-order valence-electron chi connectivity index (χ4n) is 3.19. The Morgan fingerprint density at radius 2 is 1.72 bits per heavy atom. The van der Waals surface area contributed by atoms with Gasteiger partial charge in [-0.25, -0.2) is 0 Å². The van der Waals surface area contributed by atoms with Crippen molar-refractivity contribution in [3.63, 3.8) is 0 Å². The molecule has 0 amide bonds. The number of hydrogen-bond acceptors (Lipinski definition) is 5. The lowest BCUT2D eigenvalue weighted by atomic mass is 9.89. The first-order valence-corrected chi connectivity index (χ1v) is 8.36. The van der Waals surface area contributed by atoms with Crippen LogP contribution in [0.5, 0.6) is 17.2 Å². The molecule has 0 saturated heterocycles. The molecular weight excluding hydrogens is 320 g/mol. The molecule has 0 radical (unpaired) electrons. The summed E-state index contributed by atoms with van der Waals surface area (Å²) in [6, 6.07) is 11.5. The summed E-state index contributed by atoms with van der Waals surface area (Å²) in [5, 5.41) is 0. The molecule has 5 nitrogen and oxygen atoms in total. The van der Waals surface area contributed by atoms with E-state index in [0.717, 1.165) is 33.9 Å². The Labute approximate surface area is 147 Å². The minimum Gasteiger partial charge on any atom is -0.496 e. The van der Waals surface area contributed by atoms with Gasteiger partial charge in [-0.3, -0.25) is 4.79 Å². The van der Waals surface area contributed by atoms with Gasteiger partial charge in [-0.1, -0.05) is 18.2 Å². The molecule has 0 N–H and O–H groups in total. The molecule has 0 saturated carbocycles. The number of carbonyl (C=O) groups excluding carboxylic acids is 1. The Hall–Kier alpha value is -2.69. The van der Waals surface area contributed by atoms with E-state index in [-0.39, 0.29) is 12.1 Å². The van der Waals surface area contributed by atoms with Crippen LogP contribution in [0.3, 0.4) is 0 Å². The van der Waals surface area contributed by atoms with Gasteiger partial charge in [0.2, 0.25) is 0 Å². The predicted molar refractivity (Wildman–Crippen MR) is 94.2 cm³/mol. The lowest BCUT2D eigenvalue weighted by Crippen LogP contribution is -2.17. The van der Waals surface area contributed by atoms with Crippen molar-refractivity contribution in [2.75, 3.05) is 20.8 Å². The van der Waals surface area contributed by atoms with E-state index in [1.54, 1.807) is 21.1 Å². The van der Waals surface area contributed by atoms with Gasteiger partial charge in [-0.2, -0.15) is 0 Å². The zero-order valence-corrected chi connectivity index (χ0v) is 14.7. The third-order valence-corrected chi connectivity index (χ3v) is 4.27. The number of hydrogen-bond donors (Lipinski definition) is 0. The topological polar surface area (TPSA) is 54.0 Å². The Morgan fingerprint density at radius 1 is 1.04 bits per heavy atom. The quantitative estimate of drug-likeness (QED) is 0.738. The third kappa shape index (κ3) is 3.27. The zero-order valence-electron chi connectivity index (χ0n) is 14.7. The molecule has 0 spiro atoms. The second-order valence-corrected chi connectivity index (χ2v) is 5.71. The van der Waals surface area contributed by atoms with Crippen LogP contribution in [0.4, 0.5) is 0 Å². The zero-order chi connectivity index (χ0) is 17.8. The summed E-state index contributed by atoms with van der Waals surface area (Å²) in [6.07, 6.45) is 0.596. The highest BCUT2D eigenvalue weighted by Crippen LogP contribution is 2.51. The summed E-state index contributed by atoms with van der Waals surface area (Å²) >= 11 is 0. The van der Waals surface area contributed by atoms with Gasteiger partial charge in [0.25, 0.3) is 0 Å². The predicted octanol–water partition coefficient (Wildman–Crippen LogP) is 4.15. The van der Waals surface area contributed by atoms with Crippen molar-refractivity contribution < 1.29 is 23.7 Å². The van der Waals surface area contributed by atoms with Crippen LogP contribution in [0.2, 0.25) is 0 Å². The summed E-state index contributed by atoms with van der Waals surface area (Å²) in [7, 11) is 3.28. The second kappa shape index (κ2) is 7.47. The van der Waals surface area contributed by atoms with E-state index >= 15 is 0 Å². The van der Waals surface area contributed by atoms with Crippen molar-refractivity contribution in [2.24, 2.45) is 0 Å². The maximum absolute atomic E-state index is 11.7. The van der Waals surface area contributed by atoms with E-state index in [0.29, 0.717) is 19.4 Å². The van der Waals surface area contributed by atoms with Crippen LogP contribution >= 0.6 is 0 Å². The molecule has 0 aromatic heterocycles. The van der Waals surface area contributed by atoms with Crippen molar-refractivity contribution in [3.8, 4) is 28.4 Å². The Morgan fingerprint density at radius 3 is 2.40 bits per heavy atom. The molecule has 5 heteroatoms. The first kappa shape index (κ1) is 17.1. The van der Waals surface area contributed by atoms with E-state index in [9.17, 15) is 4.79 Å². The maximum Gasteiger partial charge on any atom is 0.305 e. The third-order valence-electron chi connectivity index (χ3n) is 4.27. The molecule has 0 aliphatic carbocycles. The Kier molecular flexibility index (Phi) is 5.12. The first-order valence-electron chi connectivity index (χ1n) is 8.36. The first-order chi connectivity index (χ1) is 12.2. The summed E-state index contributed by atoms with van der Waals surface area (Å²) in [6.45, 7) is 2.19. The van der Waals surface area contributed by atoms with Crippen LogP contribution in [0, 0.1) is 0 Å². The lowest BCUT2D eigenvalue weighted by Gasteiger charge is -2.30. The molecule has 1 aliphatic rings. The number of methoxy groups -OCH3 is 2. The van der Waals surface area contributed by atoms with Crippen LogP contribution in [0.1, 0.15) is 31.4 Å². The average Bonchev–Trinajstić information content (AvgIpc) is 2.65. The molecule has 132 valence electrons. The van der Waals surface area contributed by atoms with E-state index in [4.69, 9.17) is 18.9 Å². The van der Waals surface area contributed by atoms with Crippen LogP contribution in [-0.2, 0) is 9.53 Å². The smallest absolute Gasteiger partial charge is 0.305 e. The molecule has 2 aromatic rings. The number of rotatable bonds is 6. The monoisotopic (exact) mass is 342 g/mol. The van der Waals surface area contributed by atoms with Crippen LogP contribution < -0.4 is 14.2 Å². The van der Waals surface area contributed by atoms with Crippen molar-refractivity contribution in [1.82, 2.24) is 0 Å². The summed E-state index contributed by atoms with van der Waals surface area (Å²) in [5.41, 5.74) is 2.82. The molecular formula is C20H22O5. The van der Waals surface area contributed by atoms with E-state index in [1.807, 2.05) is 36.4 Å². The van der Waals surface area contributed by atoms with E-state index in [1.165, 1.54) is 0 Å². The maximum atomic E-state index is 11.7. The van der Waals surface area contributed by atoms with Gasteiger partial charge in [0.1, 0.15) is 23.4 Å². The largest absolute Gasteiger partial charge is 0.496 e. The van der Waals surface area contributed by atoms with Crippen molar-refractivity contribution >= 4 is 5.97 Å². The van der Waals surface area contributed by atoms with Gasteiger partial charge in [0, 0.05) is 17.5 Å². The van der Waals surface area contributed by atoms with Gasteiger partial charge in [0.05, 0.1) is 26.4 Å². The fraction of sp³-hybridized carbons (Fsp3) is 0.350. The molecule has 1 atom stereocenters. The van der Waals surface area contributed by atoms with Crippen molar-refractivity contribution in [3.05, 3.63) is 42.0 Å². The van der Waals surface area contributed by atoms with Crippen LogP contribution in [-0.4, -0.2) is 26.8 Å². The molecule has 3 rings (SSSR count). The molecule has 0 bridgehead atoms. The highest BCUT2D eigenvalue weighted by atomic mass is 16.5. The minimum atomic E-state index is -0.242. The summed E-state index contributed by atoms with van der Waals surface area (Å²) in [4.78, 5) is 11.7.